The summed E-state index contributed by atoms with van der Waals surface area (Å²) in [7, 11) is 0. The van der Waals surface area contributed by atoms with Gasteiger partial charge in [0.15, 0.2) is 5.78 Å². The summed E-state index contributed by atoms with van der Waals surface area (Å²) in [5, 5.41) is 48.0. The molecule has 1 amide bonds. The van der Waals surface area contributed by atoms with Crippen molar-refractivity contribution in [2.75, 3.05) is 19.8 Å². The molecule has 1 aromatic heterocycles. The highest BCUT2D eigenvalue weighted by atomic mass is 16.6. The molecule has 71 heavy (non-hydrogen) atoms. The Morgan fingerprint density at radius 2 is 1.62 bits per heavy atom. The molecule has 2 fully saturated rings. The number of benzene rings is 2. The van der Waals surface area contributed by atoms with Gasteiger partial charge in [-0.2, -0.15) is 0 Å². The number of esters is 2. The predicted octanol–water partition coefficient (Wildman–Crippen LogP) is 9.33. The number of unbranched alkanes of at least 4 members (excludes halogenated alkanes) is 8. The Bertz CT molecular complexity index is 2420. The van der Waals surface area contributed by atoms with E-state index < -0.39 is 57.6 Å². The summed E-state index contributed by atoms with van der Waals surface area (Å²) in [5.74, 6) is -4.30. The second kappa shape index (κ2) is 24.2. The molecule has 7 N–H and O–H groups in total. The lowest BCUT2D eigenvalue weighted by Gasteiger charge is -2.50. The molecule has 13 nitrogen and oxygen atoms in total. The van der Waals surface area contributed by atoms with Crippen molar-refractivity contribution in [1.82, 2.24) is 15.8 Å². The van der Waals surface area contributed by atoms with Crippen LogP contribution in [-0.2, 0) is 41.6 Å². The fourth-order valence-electron chi connectivity index (χ4n) is 12.0. The average molecular weight is 980 g/mol. The van der Waals surface area contributed by atoms with Crippen LogP contribution >= 0.6 is 0 Å². The summed E-state index contributed by atoms with van der Waals surface area (Å²) >= 11 is 0. The number of Topliss-reactive ketones (excluding diaryl/α,β-unsaturated/α-hetero) is 1. The zero-order chi connectivity index (χ0) is 51.6. The van der Waals surface area contributed by atoms with Crippen molar-refractivity contribution in [2.45, 2.75) is 162 Å². The van der Waals surface area contributed by atoms with Crippen molar-refractivity contribution < 1.29 is 49.2 Å². The van der Waals surface area contributed by atoms with Gasteiger partial charge in [-0.3, -0.25) is 24.4 Å². The number of hydroxylamine groups is 1. The van der Waals surface area contributed by atoms with E-state index in [2.05, 4.69) is 48.4 Å². The molecule has 388 valence electrons. The molecule has 0 radical (unpaired) electrons. The molecule has 2 aromatic carbocycles. The lowest BCUT2D eigenvalue weighted by Crippen LogP contribution is -2.61. The first-order chi connectivity index (χ1) is 33.9. The van der Waals surface area contributed by atoms with Crippen LogP contribution < -0.4 is 10.8 Å². The lowest BCUT2D eigenvalue weighted by molar-refractivity contribution is -0.187. The Morgan fingerprint density at radius 3 is 2.28 bits per heavy atom. The van der Waals surface area contributed by atoms with E-state index in [0.717, 1.165) is 44.3 Å². The van der Waals surface area contributed by atoms with Gasteiger partial charge in [-0.25, -0.2) is 5.48 Å². The van der Waals surface area contributed by atoms with Crippen molar-refractivity contribution in [1.29, 1.82) is 0 Å². The third kappa shape index (κ3) is 12.0. The number of amides is 1. The van der Waals surface area contributed by atoms with Gasteiger partial charge in [0.05, 0.1) is 18.1 Å². The smallest absolute Gasteiger partial charge is 0.308 e. The highest BCUT2D eigenvalue weighted by Crippen LogP contribution is 2.77. The number of aliphatic hydroxyl groups excluding tert-OH is 1. The monoisotopic (exact) mass is 980 g/mol. The molecule has 0 aliphatic heterocycles. The van der Waals surface area contributed by atoms with Gasteiger partial charge in [-0.15, -0.1) is 0 Å². The molecule has 13 heteroatoms. The number of hydrogen-bond donors (Lipinski definition) is 7. The Morgan fingerprint density at radius 1 is 0.944 bits per heavy atom. The van der Waals surface area contributed by atoms with E-state index in [-0.39, 0.29) is 37.5 Å². The highest BCUT2D eigenvalue weighted by Gasteiger charge is 2.85. The highest BCUT2D eigenvalue weighted by molar-refractivity contribution is 6.05. The molecular weight excluding hydrogens is 899 g/mol. The molecule has 0 spiro atoms. The molecule has 4 aliphatic carbocycles. The van der Waals surface area contributed by atoms with E-state index in [1.54, 1.807) is 30.6 Å². The number of ketones is 1. The number of ether oxygens (including phenoxy) is 2. The Hall–Kier alpha value is -4.92. The number of carbonyl (C=O) groups excluding carboxylic acids is 4. The molecule has 3 aromatic rings. The van der Waals surface area contributed by atoms with Crippen LogP contribution in [0, 0.1) is 41.9 Å². The number of carbonyl (C=O) groups is 4. The number of aromatic amines is 1. The quantitative estimate of drug-likeness (QED) is 0.0119. The third-order valence-electron chi connectivity index (χ3n) is 16.4. The van der Waals surface area contributed by atoms with Crippen LogP contribution in [-0.4, -0.2) is 85.7 Å². The first kappa shape index (κ1) is 55.4. The first-order valence-corrected chi connectivity index (χ1v) is 26.3. The molecule has 7 rings (SSSR count). The van der Waals surface area contributed by atoms with Gasteiger partial charge in [-0.1, -0.05) is 141 Å². The normalized spacial score (nSPS) is 27.8. The van der Waals surface area contributed by atoms with E-state index in [9.17, 15) is 34.5 Å². The maximum Gasteiger partial charge on any atom is 0.308 e. The minimum atomic E-state index is -1.86. The van der Waals surface area contributed by atoms with Crippen LogP contribution in [0.4, 0.5) is 0 Å². The number of para-hydroxylation sites is 1. The standard InChI is InChI=1S/C37H58O8.C21H23N3O2/c1-7-9-10-11-12-13-14-15-16-17-30(39)45-36-20-26(5)37(43)28(31(36)34(36,6)23-44-33(41)24(3)8-2)19-27(22-38)21-35(42)29(37)18-25(4)32(35)40;1-15-18(19-4-2-3-5-20(19)23-15)12-13-22-14-17-8-6-16(7-9-17)10-11-21(25)24-26/h18-19,24,26,28-29,31,38,42-43H,7-17,20-23H2,1-6H3;2-11,22-23,26H,12-14H2,1H3,(H,24,25)/b;11-10+/t24?,26-,28+,29-,31-,34-,35-,36+,37-;/m1./s1. The molecule has 0 saturated heterocycles. The number of H-pyrrole nitrogens is 1. The number of aliphatic hydroxyl groups is 3. The summed E-state index contributed by atoms with van der Waals surface area (Å²) in [5.41, 5.74) is 3.12. The van der Waals surface area contributed by atoms with Gasteiger partial charge >= 0.3 is 11.9 Å². The summed E-state index contributed by atoms with van der Waals surface area (Å²) in [4.78, 5) is 53.9. The first-order valence-electron chi connectivity index (χ1n) is 26.3. The van der Waals surface area contributed by atoms with Crippen LogP contribution in [0.2, 0.25) is 0 Å². The van der Waals surface area contributed by atoms with Crippen molar-refractivity contribution in [3.05, 3.63) is 100 Å². The third-order valence-corrected chi connectivity index (χ3v) is 16.4. The van der Waals surface area contributed by atoms with Crippen molar-refractivity contribution >= 4 is 40.6 Å². The van der Waals surface area contributed by atoms with E-state index in [0.29, 0.717) is 30.4 Å². The predicted molar refractivity (Wildman–Crippen MR) is 276 cm³/mol. The lowest BCUT2D eigenvalue weighted by atomic mass is 9.60. The number of fused-ring (bicyclic) bond motifs is 6. The minimum absolute atomic E-state index is 0.0243. The van der Waals surface area contributed by atoms with Gasteiger partial charge < -0.3 is 35.1 Å². The molecule has 1 heterocycles. The summed E-state index contributed by atoms with van der Waals surface area (Å²) in [6, 6.07) is 16.4. The Labute approximate surface area is 420 Å². The van der Waals surface area contributed by atoms with E-state index in [1.807, 2.05) is 52.0 Å². The largest absolute Gasteiger partial charge is 0.465 e. The zero-order valence-corrected chi connectivity index (χ0v) is 43.3. The van der Waals surface area contributed by atoms with Crippen LogP contribution in [0.1, 0.15) is 147 Å². The number of aryl methyl sites for hydroxylation is 1. The van der Waals surface area contributed by atoms with E-state index in [4.69, 9.17) is 14.7 Å². The van der Waals surface area contributed by atoms with Crippen LogP contribution in [0.5, 0.6) is 0 Å². The maximum absolute atomic E-state index is 13.4. The second-order valence-electron chi connectivity index (χ2n) is 21.3. The second-order valence-corrected chi connectivity index (χ2v) is 21.3. The number of nitrogens with one attached hydrogen (secondary N) is 3. The van der Waals surface area contributed by atoms with E-state index in [1.165, 1.54) is 72.3 Å². The molecule has 4 aliphatic rings. The zero-order valence-electron chi connectivity index (χ0n) is 43.3. The number of aromatic nitrogens is 1. The van der Waals surface area contributed by atoms with Crippen molar-refractivity contribution in [3.8, 4) is 0 Å². The summed E-state index contributed by atoms with van der Waals surface area (Å²) in [6.07, 6.45) is 18.8. The number of hydrogen-bond acceptors (Lipinski definition) is 11. The number of rotatable bonds is 23. The van der Waals surface area contributed by atoms with Crippen LogP contribution in [0.25, 0.3) is 17.0 Å². The van der Waals surface area contributed by atoms with Gasteiger partial charge in [0.2, 0.25) is 0 Å². The van der Waals surface area contributed by atoms with Crippen LogP contribution in [0.15, 0.2) is 77.9 Å². The minimum Gasteiger partial charge on any atom is -0.465 e. The maximum atomic E-state index is 13.4. The molecule has 0 bridgehead atoms. The average Bonchev–Trinajstić information content (AvgIpc) is 3.59. The van der Waals surface area contributed by atoms with Gasteiger partial charge in [-0.05, 0) is 92.0 Å². The van der Waals surface area contributed by atoms with Gasteiger partial charge in [0, 0.05) is 65.2 Å². The molecule has 2 saturated carbocycles. The van der Waals surface area contributed by atoms with Crippen LogP contribution in [0.3, 0.4) is 0 Å². The van der Waals surface area contributed by atoms with E-state index >= 15 is 0 Å². The Kier molecular flexibility index (Phi) is 18.9. The van der Waals surface area contributed by atoms with Gasteiger partial charge in [0.25, 0.3) is 5.91 Å². The molecular formula is C58H81N3O10. The fraction of sp³-hybridized carbons (Fsp3) is 0.586. The molecule has 1 unspecified atom stereocenters. The summed E-state index contributed by atoms with van der Waals surface area (Å²) in [6.45, 7) is 14.9. The van der Waals surface area contributed by atoms with Gasteiger partial charge in [0.1, 0.15) is 17.8 Å². The molecule has 9 atom stereocenters. The topological polar surface area (TPSA) is 208 Å². The SMILES string of the molecule is CCCCCCCCCCCC(=O)O[C@@]12C[C@@H](C)[C@@]3(O)[C@@H](C=C(CO)C[C@]4(O)C(=O)C(C)=C[C@@H]34)[C@@H]1[C@@]2(C)COC(=O)C(C)CC.Cc1[nH]c2ccccc2c1CCNCc1ccc(/C=C/C(=O)NO)cc1. The Balaban J connectivity index is 0.000000268. The fourth-order valence-corrected chi connectivity index (χ4v) is 12.0. The summed E-state index contributed by atoms with van der Waals surface area (Å²) < 4.78 is 12.3. The van der Waals surface area contributed by atoms with Crippen molar-refractivity contribution in [3.63, 3.8) is 0 Å². The van der Waals surface area contributed by atoms with Crippen molar-refractivity contribution in [2.24, 2.45) is 35.0 Å².